The first-order valence-corrected chi connectivity index (χ1v) is 10.5. The van der Waals surface area contributed by atoms with Gasteiger partial charge >= 0.3 is 12.4 Å². The van der Waals surface area contributed by atoms with Gasteiger partial charge in [-0.2, -0.15) is 26.3 Å². The molecule has 2 aromatic carbocycles. The molecule has 0 heterocycles. The van der Waals surface area contributed by atoms with E-state index in [0.29, 0.717) is 12.1 Å². The highest BCUT2D eigenvalue weighted by atomic mass is 32.2. The van der Waals surface area contributed by atoms with Crippen LogP contribution in [0.2, 0.25) is 0 Å². The number of methoxy groups -OCH3 is 1. The maximum atomic E-state index is 12.9. The Hall–Kier alpha value is -2.84. The molecule has 0 radical (unpaired) electrons. The van der Waals surface area contributed by atoms with Crippen molar-refractivity contribution in [1.82, 2.24) is 4.72 Å². The van der Waals surface area contributed by atoms with Gasteiger partial charge in [0.05, 0.1) is 22.6 Å². The summed E-state index contributed by atoms with van der Waals surface area (Å²) in [5, 5.41) is 1.92. The quantitative estimate of drug-likeness (QED) is 0.405. The van der Waals surface area contributed by atoms with Crippen LogP contribution in [0, 0.1) is 0 Å². The molecule has 7 nitrogen and oxygen atoms in total. The number of nitrogens with one attached hydrogen (secondary N) is 2. The topological polar surface area (TPSA) is 93.7 Å². The van der Waals surface area contributed by atoms with E-state index in [1.165, 1.54) is 31.4 Å². The van der Waals surface area contributed by atoms with Crippen molar-refractivity contribution in [2.75, 3.05) is 32.2 Å². The van der Waals surface area contributed by atoms with Crippen LogP contribution in [-0.2, 0) is 31.9 Å². The minimum Gasteiger partial charge on any atom is -0.484 e. The van der Waals surface area contributed by atoms with Gasteiger partial charge in [-0.05, 0) is 42.5 Å². The number of anilines is 1. The van der Waals surface area contributed by atoms with E-state index in [0.717, 1.165) is 0 Å². The predicted octanol–water partition coefficient (Wildman–Crippen LogP) is 3.67. The Labute approximate surface area is 184 Å². The molecule has 0 aromatic heterocycles. The molecule has 1 amide bonds. The first-order valence-electron chi connectivity index (χ1n) is 9.03. The summed E-state index contributed by atoms with van der Waals surface area (Å²) in [6.07, 6.45) is -10.1. The Bertz CT molecular complexity index is 1040. The first-order chi connectivity index (χ1) is 15.2. The summed E-state index contributed by atoms with van der Waals surface area (Å²) in [7, 11) is -2.40. The van der Waals surface area contributed by atoms with Crippen LogP contribution >= 0.6 is 0 Å². The number of rotatable bonds is 9. The van der Waals surface area contributed by atoms with Gasteiger partial charge in [-0.25, -0.2) is 13.1 Å². The summed E-state index contributed by atoms with van der Waals surface area (Å²) in [5.74, 6) is -0.985. The third-order valence-electron chi connectivity index (χ3n) is 3.97. The van der Waals surface area contributed by atoms with Crippen molar-refractivity contribution in [3.8, 4) is 5.75 Å². The van der Waals surface area contributed by atoms with Crippen molar-refractivity contribution in [3.05, 3.63) is 53.6 Å². The molecule has 14 heteroatoms. The molecule has 0 unspecified atom stereocenters. The van der Waals surface area contributed by atoms with Crippen LogP contribution in [0.25, 0.3) is 0 Å². The minimum absolute atomic E-state index is 0.0426. The lowest BCUT2D eigenvalue weighted by atomic mass is 10.1. The number of amides is 1. The van der Waals surface area contributed by atoms with Crippen LogP contribution in [0.15, 0.2) is 47.4 Å². The summed E-state index contributed by atoms with van der Waals surface area (Å²) < 4.78 is 114. The third-order valence-corrected chi connectivity index (χ3v) is 5.45. The molecular weight excluding hydrogens is 482 g/mol. The van der Waals surface area contributed by atoms with E-state index in [2.05, 4.69) is 4.72 Å². The van der Waals surface area contributed by atoms with Gasteiger partial charge in [0.15, 0.2) is 6.61 Å². The summed E-state index contributed by atoms with van der Waals surface area (Å²) in [4.78, 5) is 11.9. The number of ether oxygens (including phenoxy) is 2. The lowest BCUT2D eigenvalue weighted by Gasteiger charge is -2.15. The molecule has 0 aliphatic heterocycles. The largest absolute Gasteiger partial charge is 0.484 e. The Morgan fingerprint density at radius 2 is 1.48 bits per heavy atom. The number of carbonyl (C=O) groups is 1. The molecule has 0 saturated carbocycles. The highest BCUT2D eigenvalue weighted by molar-refractivity contribution is 7.89. The Morgan fingerprint density at radius 1 is 0.939 bits per heavy atom. The second kappa shape index (κ2) is 10.4. The first kappa shape index (κ1) is 26.4. The average molecular weight is 500 g/mol. The number of halogens is 6. The van der Waals surface area contributed by atoms with Gasteiger partial charge in [-0.3, -0.25) is 4.79 Å². The normalized spacial score (nSPS) is 12.5. The summed E-state index contributed by atoms with van der Waals surface area (Å²) in [6, 6.07) is 5.49. The molecule has 0 aliphatic carbocycles. The van der Waals surface area contributed by atoms with Crippen LogP contribution in [-0.4, -0.2) is 41.2 Å². The van der Waals surface area contributed by atoms with Gasteiger partial charge in [0.1, 0.15) is 5.75 Å². The number of alkyl halides is 6. The van der Waals surface area contributed by atoms with Crippen LogP contribution < -0.4 is 14.8 Å². The van der Waals surface area contributed by atoms with Gasteiger partial charge in [-0.15, -0.1) is 0 Å². The highest BCUT2D eigenvalue weighted by Gasteiger charge is 2.37. The van der Waals surface area contributed by atoms with Crippen molar-refractivity contribution in [2.24, 2.45) is 0 Å². The van der Waals surface area contributed by atoms with E-state index in [-0.39, 0.29) is 29.9 Å². The van der Waals surface area contributed by atoms with E-state index < -0.39 is 51.7 Å². The lowest BCUT2D eigenvalue weighted by Crippen LogP contribution is -2.27. The van der Waals surface area contributed by atoms with Crippen LogP contribution in [0.4, 0.5) is 32.0 Å². The zero-order valence-corrected chi connectivity index (χ0v) is 17.7. The minimum atomic E-state index is -5.06. The average Bonchev–Trinajstić information content (AvgIpc) is 2.71. The second-order valence-corrected chi connectivity index (χ2v) is 8.26. The number of sulfonamides is 1. The van der Waals surface area contributed by atoms with Crippen molar-refractivity contribution in [1.29, 1.82) is 0 Å². The fraction of sp³-hybridized carbons (Fsp3) is 0.316. The van der Waals surface area contributed by atoms with Crippen LogP contribution in [0.1, 0.15) is 11.1 Å². The molecule has 33 heavy (non-hydrogen) atoms. The monoisotopic (exact) mass is 500 g/mol. The number of hydrogen-bond donors (Lipinski definition) is 2. The van der Waals surface area contributed by atoms with Gasteiger partial charge in [0, 0.05) is 19.3 Å². The summed E-state index contributed by atoms with van der Waals surface area (Å²) in [6.45, 7) is -0.551. The number of carbonyl (C=O) groups excluding carboxylic acids is 1. The van der Waals surface area contributed by atoms with E-state index in [1.807, 2.05) is 5.32 Å². The summed E-state index contributed by atoms with van der Waals surface area (Å²) in [5.41, 5.74) is -3.87. The molecule has 0 saturated heterocycles. The van der Waals surface area contributed by atoms with Crippen LogP contribution in [0.3, 0.4) is 0 Å². The summed E-state index contributed by atoms with van der Waals surface area (Å²) >= 11 is 0. The molecule has 0 spiro atoms. The zero-order valence-electron chi connectivity index (χ0n) is 16.9. The van der Waals surface area contributed by atoms with Crippen molar-refractivity contribution in [3.63, 3.8) is 0 Å². The van der Waals surface area contributed by atoms with Crippen molar-refractivity contribution < 1.29 is 49.0 Å². The smallest absolute Gasteiger partial charge is 0.416 e. The van der Waals surface area contributed by atoms with Gasteiger partial charge < -0.3 is 14.8 Å². The maximum absolute atomic E-state index is 12.9. The molecule has 2 rings (SSSR count). The fourth-order valence-corrected chi connectivity index (χ4v) is 3.46. The molecule has 2 N–H and O–H groups in total. The van der Waals surface area contributed by atoms with Crippen LogP contribution in [0.5, 0.6) is 5.75 Å². The van der Waals surface area contributed by atoms with Crippen molar-refractivity contribution in [2.45, 2.75) is 17.2 Å². The highest BCUT2D eigenvalue weighted by Crippen LogP contribution is 2.37. The van der Waals surface area contributed by atoms with E-state index in [1.54, 1.807) is 0 Å². The molecular formula is C19H18F6N2O5S. The standard InChI is InChI=1S/C19H18F6N2O5S/c1-31-7-6-26-33(29,30)16-4-2-15(3-5-16)32-11-17(28)27-14-9-12(18(20,21)22)8-13(10-14)19(23,24)25/h2-5,8-10,26H,6-7,11H2,1H3,(H,27,28). The fourth-order valence-electron chi connectivity index (χ4n) is 2.45. The zero-order chi connectivity index (χ0) is 24.9. The van der Waals surface area contributed by atoms with Crippen molar-refractivity contribution >= 4 is 21.6 Å². The van der Waals surface area contributed by atoms with Gasteiger partial charge in [0.2, 0.25) is 10.0 Å². The molecule has 2 aromatic rings. The number of hydrogen-bond acceptors (Lipinski definition) is 5. The molecule has 0 bridgehead atoms. The Morgan fingerprint density at radius 3 is 1.97 bits per heavy atom. The van der Waals surface area contributed by atoms with E-state index >= 15 is 0 Å². The molecule has 182 valence electrons. The van der Waals surface area contributed by atoms with E-state index in [9.17, 15) is 39.6 Å². The molecule has 0 fully saturated rings. The Balaban J connectivity index is 2.04. The molecule has 0 atom stereocenters. The lowest BCUT2D eigenvalue weighted by molar-refractivity contribution is -0.143. The van der Waals surface area contributed by atoms with Gasteiger partial charge in [0.25, 0.3) is 5.91 Å². The number of benzene rings is 2. The van der Waals surface area contributed by atoms with E-state index in [4.69, 9.17) is 9.47 Å². The van der Waals surface area contributed by atoms with Gasteiger partial charge in [-0.1, -0.05) is 0 Å². The maximum Gasteiger partial charge on any atom is 0.416 e. The SMILES string of the molecule is COCCNS(=O)(=O)c1ccc(OCC(=O)Nc2cc(C(F)(F)F)cc(C(F)(F)F)c2)cc1. The molecule has 0 aliphatic rings. The second-order valence-electron chi connectivity index (χ2n) is 6.49. The predicted molar refractivity (Wildman–Crippen MR) is 104 cm³/mol. The third kappa shape index (κ3) is 7.91. The Kier molecular flexibility index (Phi) is 8.32.